The quantitative estimate of drug-likeness (QED) is 0.178. The van der Waals surface area contributed by atoms with Crippen molar-refractivity contribution in [2.75, 3.05) is 28.2 Å². The molecule has 0 saturated heterocycles. The number of hydrogen-bond acceptors (Lipinski definition) is 8. The SMILES string of the molecule is Cc1cc(-c2nc3cc(S(=O)(=O)N(C)C)ccc3o2)ccc1C=Cc1ccc(-c2nc3cc(S(=O)(=O)N(C)C)ccc3o2)cc1. The minimum Gasteiger partial charge on any atom is -0.436 e. The highest BCUT2D eigenvalue weighted by molar-refractivity contribution is 7.89. The number of sulfonamides is 2. The second kappa shape index (κ2) is 11.4. The van der Waals surface area contributed by atoms with Crippen LogP contribution in [0.1, 0.15) is 16.7 Å². The molecule has 0 aliphatic heterocycles. The van der Waals surface area contributed by atoms with Crippen LogP contribution >= 0.6 is 0 Å². The van der Waals surface area contributed by atoms with E-state index >= 15 is 0 Å². The van der Waals surface area contributed by atoms with Gasteiger partial charge in [0.05, 0.1) is 9.79 Å². The molecule has 0 bridgehead atoms. The molecule has 6 aromatic rings. The minimum absolute atomic E-state index is 0.157. The van der Waals surface area contributed by atoms with E-state index in [1.165, 1.54) is 52.5 Å². The first kappa shape index (κ1) is 30.4. The van der Waals surface area contributed by atoms with Crippen LogP contribution in [0.2, 0.25) is 0 Å². The molecule has 0 amide bonds. The number of aryl methyl sites for hydroxylation is 1. The van der Waals surface area contributed by atoms with E-state index in [9.17, 15) is 16.8 Å². The van der Waals surface area contributed by atoms with Gasteiger partial charge in [0, 0.05) is 39.3 Å². The molecule has 0 saturated carbocycles. The molecule has 0 spiro atoms. The summed E-state index contributed by atoms with van der Waals surface area (Å²) in [6.07, 6.45) is 4.02. The topological polar surface area (TPSA) is 127 Å². The van der Waals surface area contributed by atoms with Crippen molar-refractivity contribution in [2.24, 2.45) is 0 Å². The van der Waals surface area contributed by atoms with E-state index in [4.69, 9.17) is 8.83 Å². The molecule has 6 rings (SSSR count). The first-order valence-corrected chi connectivity index (χ1v) is 16.8. The minimum atomic E-state index is -3.58. The van der Waals surface area contributed by atoms with Gasteiger partial charge in [-0.25, -0.2) is 35.4 Å². The Morgan fingerprint density at radius 2 is 1.09 bits per heavy atom. The predicted molar refractivity (Wildman–Crippen MR) is 174 cm³/mol. The van der Waals surface area contributed by atoms with Crippen LogP contribution in [0.25, 0.3) is 57.3 Å². The highest BCUT2D eigenvalue weighted by Crippen LogP contribution is 2.30. The Labute approximate surface area is 261 Å². The molecule has 0 radical (unpaired) electrons. The summed E-state index contributed by atoms with van der Waals surface area (Å²) in [4.78, 5) is 9.37. The maximum Gasteiger partial charge on any atom is 0.242 e. The van der Waals surface area contributed by atoms with Crippen LogP contribution in [0, 0.1) is 6.92 Å². The molecule has 230 valence electrons. The second-order valence-electron chi connectivity index (χ2n) is 10.9. The van der Waals surface area contributed by atoms with E-state index in [1.807, 2.05) is 61.5 Å². The van der Waals surface area contributed by atoms with E-state index in [0.29, 0.717) is 34.0 Å². The summed E-state index contributed by atoms with van der Waals surface area (Å²) in [5, 5.41) is 0. The van der Waals surface area contributed by atoms with Gasteiger partial charge in [-0.1, -0.05) is 30.4 Å². The number of aromatic nitrogens is 2. The molecule has 0 unspecified atom stereocenters. The summed E-state index contributed by atoms with van der Waals surface area (Å²) in [6, 6.07) is 22.9. The molecule has 0 aliphatic carbocycles. The van der Waals surface area contributed by atoms with Gasteiger partial charge in [0.2, 0.25) is 31.8 Å². The molecule has 0 N–H and O–H groups in total. The zero-order valence-corrected chi connectivity index (χ0v) is 26.8. The van der Waals surface area contributed by atoms with Crippen molar-refractivity contribution in [2.45, 2.75) is 16.7 Å². The molecular weight excluding hydrogens is 613 g/mol. The number of benzene rings is 4. The summed E-state index contributed by atoms with van der Waals surface area (Å²) in [5.74, 6) is 0.814. The molecule has 4 aromatic carbocycles. The highest BCUT2D eigenvalue weighted by Gasteiger charge is 2.20. The molecule has 0 atom stereocenters. The highest BCUT2D eigenvalue weighted by atomic mass is 32.2. The average Bonchev–Trinajstić information content (AvgIpc) is 3.64. The van der Waals surface area contributed by atoms with Crippen molar-refractivity contribution in [3.63, 3.8) is 0 Å². The standard InChI is InChI=1S/C33H30N4O6S2/c1-21-18-25(33-35-29-20-27(15-17-31(29)43-33)45(40,41)37(4)5)13-12-23(21)9-6-22-7-10-24(11-8-22)32-34-28-19-26(14-16-30(28)42-32)44(38,39)36(2)3/h6-20H,1-5H3. The van der Waals surface area contributed by atoms with Crippen molar-refractivity contribution < 1.29 is 25.7 Å². The molecular formula is C33H30N4O6S2. The van der Waals surface area contributed by atoms with E-state index in [-0.39, 0.29) is 9.79 Å². The van der Waals surface area contributed by atoms with Crippen LogP contribution in [-0.4, -0.2) is 63.6 Å². The van der Waals surface area contributed by atoms with Crippen LogP contribution in [0.15, 0.2) is 97.5 Å². The molecule has 10 nitrogen and oxygen atoms in total. The van der Waals surface area contributed by atoms with Crippen molar-refractivity contribution in [1.29, 1.82) is 0 Å². The van der Waals surface area contributed by atoms with E-state index in [1.54, 1.807) is 12.1 Å². The van der Waals surface area contributed by atoms with Gasteiger partial charge in [-0.05, 0) is 84.3 Å². The van der Waals surface area contributed by atoms with Gasteiger partial charge < -0.3 is 8.83 Å². The maximum absolute atomic E-state index is 12.5. The average molecular weight is 643 g/mol. The zero-order chi connectivity index (χ0) is 32.1. The lowest BCUT2D eigenvalue weighted by Gasteiger charge is -2.10. The third-order valence-electron chi connectivity index (χ3n) is 7.40. The molecule has 2 heterocycles. The van der Waals surface area contributed by atoms with Gasteiger partial charge >= 0.3 is 0 Å². The van der Waals surface area contributed by atoms with Gasteiger partial charge in [0.15, 0.2) is 11.2 Å². The van der Waals surface area contributed by atoms with Crippen molar-refractivity contribution in [3.8, 4) is 22.9 Å². The smallest absolute Gasteiger partial charge is 0.242 e. The van der Waals surface area contributed by atoms with Crippen LogP contribution < -0.4 is 0 Å². The van der Waals surface area contributed by atoms with Gasteiger partial charge in [-0.2, -0.15) is 0 Å². The molecule has 12 heteroatoms. The summed E-state index contributed by atoms with van der Waals surface area (Å²) in [6.45, 7) is 2.00. The normalized spacial score (nSPS) is 12.8. The lowest BCUT2D eigenvalue weighted by molar-refractivity contribution is 0.520. The Kier molecular flexibility index (Phi) is 7.69. The third kappa shape index (κ3) is 5.80. The Balaban J connectivity index is 1.19. The predicted octanol–water partition coefficient (Wildman–Crippen LogP) is 6.28. The number of nitrogens with zero attached hydrogens (tertiary/aromatic N) is 4. The van der Waals surface area contributed by atoms with E-state index in [0.717, 1.165) is 36.4 Å². The lowest BCUT2D eigenvalue weighted by atomic mass is 10.0. The van der Waals surface area contributed by atoms with Crippen molar-refractivity contribution in [3.05, 3.63) is 95.6 Å². The summed E-state index contributed by atoms with van der Waals surface area (Å²) in [5.41, 5.74) is 6.51. The third-order valence-corrected chi connectivity index (χ3v) is 11.0. The first-order chi connectivity index (χ1) is 21.3. The summed E-state index contributed by atoms with van der Waals surface area (Å²) in [7, 11) is -1.21. The Morgan fingerprint density at radius 1 is 0.600 bits per heavy atom. The molecule has 2 aromatic heterocycles. The van der Waals surface area contributed by atoms with Crippen LogP contribution in [-0.2, 0) is 20.0 Å². The molecule has 0 fully saturated rings. The number of rotatable bonds is 8. The van der Waals surface area contributed by atoms with Crippen molar-refractivity contribution in [1.82, 2.24) is 18.6 Å². The van der Waals surface area contributed by atoms with Gasteiger partial charge in [0.1, 0.15) is 11.0 Å². The zero-order valence-electron chi connectivity index (χ0n) is 25.2. The summed E-state index contributed by atoms with van der Waals surface area (Å²) >= 11 is 0. The number of oxazole rings is 2. The Morgan fingerprint density at radius 3 is 1.58 bits per heavy atom. The number of fused-ring (bicyclic) bond motifs is 2. The fraction of sp³-hybridized carbons (Fsp3) is 0.152. The van der Waals surface area contributed by atoms with E-state index in [2.05, 4.69) is 9.97 Å². The lowest BCUT2D eigenvalue weighted by Crippen LogP contribution is -2.22. The Hall–Kier alpha value is -4.62. The monoisotopic (exact) mass is 642 g/mol. The summed E-state index contributed by atoms with van der Waals surface area (Å²) < 4.78 is 64.1. The molecule has 45 heavy (non-hydrogen) atoms. The van der Waals surface area contributed by atoms with Crippen LogP contribution in [0.3, 0.4) is 0 Å². The van der Waals surface area contributed by atoms with Crippen LogP contribution in [0.5, 0.6) is 0 Å². The fourth-order valence-corrected chi connectivity index (χ4v) is 6.57. The molecule has 0 aliphatic rings. The van der Waals surface area contributed by atoms with Gasteiger partial charge in [0.25, 0.3) is 0 Å². The van der Waals surface area contributed by atoms with Gasteiger partial charge in [-0.3, -0.25) is 0 Å². The number of hydrogen-bond donors (Lipinski definition) is 0. The first-order valence-electron chi connectivity index (χ1n) is 13.9. The van der Waals surface area contributed by atoms with Crippen LogP contribution in [0.4, 0.5) is 0 Å². The Bertz CT molecular complexity index is 2320. The van der Waals surface area contributed by atoms with E-state index < -0.39 is 20.0 Å². The fourth-order valence-electron chi connectivity index (χ4n) is 4.72. The van der Waals surface area contributed by atoms with Gasteiger partial charge in [-0.15, -0.1) is 0 Å². The maximum atomic E-state index is 12.5. The van der Waals surface area contributed by atoms with Crippen molar-refractivity contribution >= 4 is 54.4 Å². The largest absolute Gasteiger partial charge is 0.436 e. The second-order valence-corrected chi connectivity index (χ2v) is 15.2.